The third-order valence-electron chi connectivity index (χ3n) is 4.81. The number of hydrogen-bond acceptors (Lipinski definition) is 4. The van der Waals surface area contributed by atoms with Gasteiger partial charge >= 0.3 is 0 Å². The lowest BCUT2D eigenvalue weighted by Crippen LogP contribution is -2.00. The molecule has 0 spiro atoms. The van der Waals surface area contributed by atoms with Crippen LogP contribution in [0.5, 0.6) is 5.75 Å². The summed E-state index contributed by atoms with van der Waals surface area (Å²) in [6.45, 7) is 1.39. The van der Waals surface area contributed by atoms with Crippen LogP contribution in [0, 0.1) is 0 Å². The normalized spacial score (nSPS) is 13.1. The highest BCUT2D eigenvalue weighted by Gasteiger charge is 2.15. The van der Waals surface area contributed by atoms with Crippen LogP contribution in [0.4, 0.5) is 0 Å². The van der Waals surface area contributed by atoms with Crippen molar-refractivity contribution in [2.24, 2.45) is 0 Å². The van der Waals surface area contributed by atoms with Gasteiger partial charge in [0.05, 0.1) is 30.6 Å². The summed E-state index contributed by atoms with van der Waals surface area (Å²) in [7, 11) is 0. The lowest BCUT2D eigenvalue weighted by atomic mass is 10.1. The van der Waals surface area contributed by atoms with Gasteiger partial charge in [-0.2, -0.15) is 0 Å². The molecule has 1 aliphatic rings. The van der Waals surface area contributed by atoms with Gasteiger partial charge < -0.3 is 14.4 Å². The van der Waals surface area contributed by atoms with Gasteiger partial charge in [-0.05, 0) is 42.0 Å². The van der Waals surface area contributed by atoms with Gasteiger partial charge in [-0.15, -0.1) is 0 Å². The maximum atomic E-state index is 9.16. The van der Waals surface area contributed by atoms with Gasteiger partial charge in [0.2, 0.25) is 0 Å². The maximum Gasteiger partial charge on any atom is 0.144 e. The van der Waals surface area contributed by atoms with Gasteiger partial charge in [0.25, 0.3) is 0 Å². The second kappa shape index (κ2) is 6.00. The smallest absolute Gasteiger partial charge is 0.144 e. The first kappa shape index (κ1) is 15.2. The number of fused-ring (bicyclic) bond motifs is 2. The number of aromatic nitrogens is 4. The van der Waals surface area contributed by atoms with Crippen LogP contribution >= 0.6 is 0 Å². The number of aliphatic hydroxyl groups is 1. The Morgan fingerprint density at radius 2 is 2.08 bits per heavy atom. The van der Waals surface area contributed by atoms with E-state index < -0.39 is 0 Å². The van der Waals surface area contributed by atoms with Crippen LogP contribution in [0.15, 0.2) is 55.1 Å². The van der Waals surface area contributed by atoms with Crippen molar-refractivity contribution < 1.29 is 9.84 Å². The minimum atomic E-state index is 0.0981. The number of aliphatic hydroxyl groups excluding tert-OH is 1. The minimum Gasteiger partial charge on any atom is -0.493 e. The third kappa shape index (κ3) is 2.38. The molecule has 0 unspecified atom stereocenters. The SMILES string of the molecule is OCCn1cnc2cc(-n3ccnc3-c3ccc4c(c3)CCO4)ccc21. The van der Waals surface area contributed by atoms with Gasteiger partial charge in [-0.3, -0.25) is 4.57 Å². The molecular weight excluding hydrogens is 328 g/mol. The molecule has 2 aromatic heterocycles. The van der Waals surface area contributed by atoms with Crippen molar-refractivity contribution in [1.29, 1.82) is 0 Å². The highest BCUT2D eigenvalue weighted by Crippen LogP contribution is 2.31. The Bertz CT molecular complexity index is 1100. The Balaban J connectivity index is 1.57. The molecule has 0 radical (unpaired) electrons. The Labute approximate surface area is 150 Å². The Hall–Kier alpha value is -3.12. The first-order chi connectivity index (χ1) is 12.8. The van der Waals surface area contributed by atoms with Crippen molar-refractivity contribution in [3.63, 3.8) is 0 Å². The molecule has 0 bridgehead atoms. The van der Waals surface area contributed by atoms with Crippen molar-refractivity contribution in [1.82, 2.24) is 19.1 Å². The van der Waals surface area contributed by atoms with Crippen LogP contribution in [0.1, 0.15) is 5.56 Å². The first-order valence-electron chi connectivity index (χ1n) is 8.69. The van der Waals surface area contributed by atoms with Crippen molar-refractivity contribution in [3.05, 3.63) is 60.7 Å². The average molecular weight is 346 g/mol. The highest BCUT2D eigenvalue weighted by atomic mass is 16.5. The molecule has 4 aromatic rings. The molecule has 0 atom stereocenters. The second-order valence-electron chi connectivity index (χ2n) is 6.38. The Kier molecular flexibility index (Phi) is 3.50. The van der Waals surface area contributed by atoms with E-state index in [-0.39, 0.29) is 6.61 Å². The van der Waals surface area contributed by atoms with Crippen LogP contribution < -0.4 is 4.74 Å². The number of hydrogen-bond donors (Lipinski definition) is 1. The summed E-state index contributed by atoms with van der Waals surface area (Å²) in [5.74, 6) is 1.87. The number of benzene rings is 2. The van der Waals surface area contributed by atoms with Crippen molar-refractivity contribution >= 4 is 11.0 Å². The Morgan fingerprint density at radius 3 is 3.00 bits per heavy atom. The summed E-state index contributed by atoms with van der Waals surface area (Å²) in [5.41, 5.74) is 5.23. The standard InChI is InChI=1S/C20H18N4O2/c25-9-8-23-13-22-17-12-16(2-3-18(17)23)24-7-6-21-20(24)15-1-4-19-14(11-15)5-10-26-19/h1-4,6-7,11-13,25H,5,8-10H2. The number of nitrogens with zero attached hydrogens (tertiary/aromatic N) is 4. The lowest BCUT2D eigenvalue weighted by molar-refractivity contribution is 0.278. The van der Waals surface area contributed by atoms with E-state index in [1.807, 2.05) is 35.2 Å². The Morgan fingerprint density at radius 1 is 1.12 bits per heavy atom. The van der Waals surface area contributed by atoms with Crippen LogP contribution in [0.25, 0.3) is 28.1 Å². The fraction of sp³-hybridized carbons (Fsp3) is 0.200. The molecule has 1 N–H and O–H groups in total. The molecule has 5 rings (SSSR count). The quantitative estimate of drug-likeness (QED) is 0.617. The van der Waals surface area contributed by atoms with E-state index in [4.69, 9.17) is 9.84 Å². The van der Waals surface area contributed by atoms with Crippen LogP contribution in [0.2, 0.25) is 0 Å². The van der Waals surface area contributed by atoms with Crippen LogP contribution in [-0.4, -0.2) is 37.4 Å². The van der Waals surface area contributed by atoms with E-state index in [1.165, 1.54) is 5.56 Å². The van der Waals surface area contributed by atoms with Gasteiger partial charge in [-0.25, -0.2) is 9.97 Å². The zero-order valence-corrected chi connectivity index (χ0v) is 14.2. The van der Waals surface area contributed by atoms with Gasteiger partial charge in [0.15, 0.2) is 0 Å². The highest BCUT2D eigenvalue weighted by molar-refractivity contribution is 5.78. The molecule has 3 heterocycles. The average Bonchev–Trinajstić information content (AvgIpc) is 3.40. The van der Waals surface area contributed by atoms with Crippen molar-refractivity contribution in [3.8, 4) is 22.8 Å². The molecule has 26 heavy (non-hydrogen) atoms. The largest absolute Gasteiger partial charge is 0.493 e. The predicted octanol–water partition coefficient (Wildman–Crippen LogP) is 2.82. The summed E-state index contributed by atoms with van der Waals surface area (Å²) >= 11 is 0. The van der Waals surface area contributed by atoms with E-state index >= 15 is 0 Å². The van der Waals surface area contributed by atoms with E-state index in [9.17, 15) is 0 Å². The van der Waals surface area contributed by atoms with Gasteiger partial charge in [-0.1, -0.05) is 0 Å². The monoisotopic (exact) mass is 346 g/mol. The van der Waals surface area contributed by atoms with E-state index in [1.54, 1.807) is 6.33 Å². The molecular formula is C20H18N4O2. The topological polar surface area (TPSA) is 65.1 Å². The zero-order valence-electron chi connectivity index (χ0n) is 14.2. The van der Waals surface area contributed by atoms with E-state index in [0.717, 1.165) is 46.9 Å². The molecule has 2 aromatic carbocycles. The summed E-state index contributed by atoms with van der Waals surface area (Å²) < 4.78 is 9.62. The van der Waals surface area contributed by atoms with Crippen LogP contribution in [0.3, 0.4) is 0 Å². The summed E-state index contributed by atoms with van der Waals surface area (Å²) in [4.78, 5) is 9.03. The molecule has 1 aliphatic heterocycles. The van der Waals surface area contributed by atoms with Gasteiger partial charge in [0.1, 0.15) is 11.6 Å². The van der Waals surface area contributed by atoms with Crippen LogP contribution in [-0.2, 0) is 13.0 Å². The van der Waals surface area contributed by atoms with Gasteiger partial charge in [0, 0.05) is 36.6 Å². The summed E-state index contributed by atoms with van der Waals surface area (Å²) in [5, 5.41) is 9.16. The molecule has 130 valence electrons. The second-order valence-corrected chi connectivity index (χ2v) is 6.38. The fourth-order valence-electron chi connectivity index (χ4n) is 3.54. The number of imidazole rings is 2. The zero-order chi connectivity index (χ0) is 17.5. The maximum absolute atomic E-state index is 9.16. The predicted molar refractivity (Wildman–Crippen MR) is 98.6 cm³/mol. The lowest BCUT2D eigenvalue weighted by Gasteiger charge is -2.10. The van der Waals surface area contributed by atoms with Crippen molar-refractivity contribution in [2.45, 2.75) is 13.0 Å². The minimum absolute atomic E-state index is 0.0981. The summed E-state index contributed by atoms with van der Waals surface area (Å²) in [6, 6.07) is 12.4. The summed E-state index contributed by atoms with van der Waals surface area (Å²) in [6.07, 6.45) is 6.48. The van der Waals surface area contributed by atoms with E-state index in [2.05, 4.69) is 32.7 Å². The molecule has 0 saturated heterocycles. The molecule has 6 nitrogen and oxygen atoms in total. The number of rotatable bonds is 4. The van der Waals surface area contributed by atoms with E-state index in [0.29, 0.717) is 6.54 Å². The molecule has 0 aliphatic carbocycles. The number of ether oxygens (including phenoxy) is 1. The van der Waals surface area contributed by atoms with Crippen molar-refractivity contribution in [2.75, 3.05) is 13.2 Å². The molecule has 6 heteroatoms. The first-order valence-corrected chi connectivity index (χ1v) is 8.69. The fourth-order valence-corrected chi connectivity index (χ4v) is 3.54. The molecule has 0 amide bonds. The molecule has 0 fully saturated rings. The molecule has 0 saturated carbocycles. The third-order valence-corrected chi connectivity index (χ3v) is 4.81.